The number of halogens is 1. The van der Waals surface area contributed by atoms with Gasteiger partial charge in [0.1, 0.15) is 11.3 Å². The maximum absolute atomic E-state index is 12.7. The Morgan fingerprint density at radius 2 is 1.71 bits per heavy atom. The number of hydrogen-bond acceptors (Lipinski definition) is 6. The Labute approximate surface area is 226 Å². The van der Waals surface area contributed by atoms with Crippen LogP contribution in [0.1, 0.15) is 55.2 Å². The van der Waals surface area contributed by atoms with Crippen molar-refractivity contribution in [3.63, 3.8) is 0 Å². The van der Waals surface area contributed by atoms with Gasteiger partial charge in [0.05, 0.1) is 10.6 Å². The predicted molar refractivity (Wildman–Crippen MR) is 147 cm³/mol. The maximum atomic E-state index is 12.7. The number of rotatable bonds is 5. The second-order valence-corrected chi connectivity index (χ2v) is 12.1. The van der Waals surface area contributed by atoms with Crippen LogP contribution in [0.15, 0.2) is 55.5 Å². The van der Waals surface area contributed by atoms with Gasteiger partial charge in [0.25, 0.3) is 11.2 Å². The Balaban J connectivity index is 1.36. The van der Waals surface area contributed by atoms with E-state index in [0.29, 0.717) is 15.7 Å². The van der Waals surface area contributed by atoms with Crippen LogP contribution in [0.4, 0.5) is 11.4 Å². The van der Waals surface area contributed by atoms with Crippen molar-refractivity contribution in [2.45, 2.75) is 50.9 Å². The van der Waals surface area contributed by atoms with Gasteiger partial charge in [-0.25, -0.2) is 14.4 Å². The van der Waals surface area contributed by atoms with Crippen molar-refractivity contribution in [1.29, 1.82) is 0 Å². The Morgan fingerprint density at radius 3 is 2.29 bits per heavy atom. The lowest BCUT2D eigenvalue weighted by atomic mass is 9.48. The molecule has 4 fully saturated rings. The SMILES string of the molecule is Cc1cc(Br)cc([N+](=O)[O-])c1N=Cc1c(O)n(-c2ccc(C34CC5CC(CC(C5)C3)C4)cc2)c(=O)[nH]c1=O. The number of aromatic hydroxyl groups is 1. The summed E-state index contributed by atoms with van der Waals surface area (Å²) < 4.78 is 1.54. The summed E-state index contributed by atoms with van der Waals surface area (Å²) in [5.74, 6) is 1.83. The van der Waals surface area contributed by atoms with E-state index in [1.54, 1.807) is 25.1 Å². The fraction of sp³-hybridized carbons (Fsp3) is 0.393. The van der Waals surface area contributed by atoms with Crippen molar-refractivity contribution in [3.8, 4) is 11.6 Å². The van der Waals surface area contributed by atoms with Crippen molar-refractivity contribution in [2.24, 2.45) is 22.7 Å². The van der Waals surface area contributed by atoms with Crippen LogP contribution in [0.2, 0.25) is 0 Å². The molecule has 0 saturated heterocycles. The smallest absolute Gasteiger partial charge is 0.335 e. The molecule has 0 radical (unpaired) electrons. The van der Waals surface area contributed by atoms with Crippen LogP contribution in [0, 0.1) is 34.8 Å². The van der Waals surface area contributed by atoms with Gasteiger partial charge in [-0.3, -0.25) is 19.9 Å². The molecule has 2 N–H and O–H groups in total. The number of aromatic nitrogens is 2. The highest BCUT2D eigenvalue weighted by atomic mass is 79.9. The zero-order chi connectivity index (χ0) is 26.8. The molecule has 0 spiro atoms. The molecule has 4 aliphatic rings. The van der Waals surface area contributed by atoms with E-state index in [1.807, 2.05) is 12.1 Å². The first-order valence-electron chi connectivity index (χ1n) is 12.8. The summed E-state index contributed by atoms with van der Waals surface area (Å²) in [5, 5.41) is 22.5. The zero-order valence-electron chi connectivity index (χ0n) is 20.8. The molecule has 9 nitrogen and oxygen atoms in total. The number of nitrogens with zero attached hydrogens (tertiary/aromatic N) is 3. The van der Waals surface area contributed by atoms with Crippen molar-refractivity contribution in [2.75, 3.05) is 0 Å². The van der Waals surface area contributed by atoms with E-state index < -0.39 is 22.1 Å². The number of nitro groups is 1. The molecule has 4 aliphatic carbocycles. The van der Waals surface area contributed by atoms with E-state index in [0.717, 1.165) is 28.5 Å². The highest BCUT2D eigenvalue weighted by molar-refractivity contribution is 9.10. The number of benzene rings is 2. The Bertz CT molecular complexity index is 1570. The third-order valence-corrected chi connectivity index (χ3v) is 9.12. The van der Waals surface area contributed by atoms with Gasteiger partial charge in [0, 0.05) is 16.8 Å². The number of nitro benzene ring substituents is 1. The highest BCUT2D eigenvalue weighted by Gasteiger charge is 2.51. The predicted octanol–water partition coefficient (Wildman–Crippen LogP) is 5.43. The molecular formula is C28H27BrN4O5. The molecule has 0 atom stereocenters. The Morgan fingerprint density at radius 1 is 1.11 bits per heavy atom. The standard InChI is InChI=1S/C28H27BrN4O5/c1-15-6-20(29)10-23(33(37)38)24(15)30-14-22-25(34)31-27(36)32(26(22)35)21-4-2-19(3-5-21)28-11-16-7-17(12-28)9-18(8-16)13-28/h2-6,10,14,16-18,35H,7-9,11-13H2,1H3,(H,31,34,36). The van der Waals surface area contributed by atoms with Gasteiger partial charge in [-0.2, -0.15) is 0 Å². The minimum Gasteiger partial charge on any atom is -0.493 e. The molecule has 7 rings (SSSR count). The van der Waals surface area contributed by atoms with E-state index in [4.69, 9.17) is 0 Å². The minimum atomic E-state index is -0.838. The van der Waals surface area contributed by atoms with Crippen molar-refractivity contribution >= 4 is 33.5 Å². The molecule has 196 valence electrons. The van der Waals surface area contributed by atoms with E-state index in [2.05, 4.69) is 25.9 Å². The third kappa shape index (κ3) is 4.11. The Hall–Kier alpha value is -3.53. The van der Waals surface area contributed by atoms with Crippen molar-refractivity contribution < 1.29 is 10.0 Å². The van der Waals surface area contributed by atoms with Crippen LogP contribution in [0.3, 0.4) is 0 Å². The summed E-state index contributed by atoms with van der Waals surface area (Å²) in [6.45, 7) is 1.65. The van der Waals surface area contributed by atoms with Gasteiger partial charge in [-0.15, -0.1) is 0 Å². The monoisotopic (exact) mass is 578 g/mol. The number of hydrogen-bond donors (Lipinski definition) is 2. The van der Waals surface area contributed by atoms with Crippen LogP contribution in [0.25, 0.3) is 5.69 Å². The van der Waals surface area contributed by atoms with E-state index >= 15 is 0 Å². The number of aromatic amines is 1. The van der Waals surface area contributed by atoms with E-state index in [-0.39, 0.29) is 22.4 Å². The lowest BCUT2D eigenvalue weighted by molar-refractivity contribution is -0.384. The van der Waals surface area contributed by atoms with Crippen LogP contribution in [-0.4, -0.2) is 25.8 Å². The first-order chi connectivity index (χ1) is 18.1. The molecule has 0 amide bonds. The summed E-state index contributed by atoms with van der Waals surface area (Å²) in [6, 6.07) is 10.7. The van der Waals surface area contributed by atoms with Crippen molar-refractivity contribution in [1.82, 2.24) is 9.55 Å². The molecule has 4 bridgehead atoms. The van der Waals surface area contributed by atoms with Crippen LogP contribution in [0.5, 0.6) is 5.88 Å². The normalized spacial score (nSPS) is 25.8. The molecule has 1 heterocycles. The maximum Gasteiger partial charge on any atom is 0.335 e. The first kappa shape index (κ1) is 24.8. The van der Waals surface area contributed by atoms with Crippen LogP contribution < -0.4 is 11.2 Å². The number of aliphatic imine (C=N–C) groups is 1. The molecule has 38 heavy (non-hydrogen) atoms. The van der Waals surface area contributed by atoms with Crippen LogP contribution in [-0.2, 0) is 5.41 Å². The number of aryl methyl sites for hydroxylation is 1. The molecule has 1 aromatic heterocycles. The summed E-state index contributed by atoms with van der Waals surface area (Å²) in [7, 11) is 0. The average Bonchev–Trinajstić information content (AvgIpc) is 2.84. The molecule has 0 aliphatic heterocycles. The largest absolute Gasteiger partial charge is 0.493 e. The van der Waals surface area contributed by atoms with Crippen LogP contribution >= 0.6 is 15.9 Å². The number of H-pyrrole nitrogens is 1. The lowest BCUT2D eigenvalue weighted by Gasteiger charge is -2.57. The van der Waals surface area contributed by atoms with Gasteiger partial charge in [-0.05, 0) is 97.9 Å². The van der Waals surface area contributed by atoms with Gasteiger partial charge < -0.3 is 5.11 Å². The van der Waals surface area contributed by atoms with Gasteiger partial charge >= 0.3 is 5.69 Å². The number of nitrogens with one attached hydrogen (secondary N) is 1. The van der Waals surface area contributed by atoms with E-state index in [1.165, 1.54) is 50.2 Å². The summed E-state index contributed by atoms with van der Waals surface area (Å²) in [5.41, 5.74) is 0.300. The van der Waals surface area contributed by atoms with Crippen molar-refractivity contribution in [3.05, 3.63) is 88.5 Å². The molecular weight excluding hydrogens is 552 g/mol. The minimum absolute atomic E-state index is 0.0506. The van der Waals surface area contributed by atoms with E-state index in [9.17, 15) is 24.8 Å². The molecule has 2 aromatic carbocycles. The fourth-order valence-corrected chi connectivity index (χ4v) is 8.04. The molecule has 0 unspecified atom stereocenters. The topological polar surface area (TPSA) is 131 Å². The first-order valence-corrected chi connectivity index (χ1v) is 13.6. The lowest BCUT2D eigenvalue weighted by Crippen LogP contribution is -2.48. The molecule has 4 saturated carbocycles. The molecule has 10 heteroatoms. The summed E-state index contributed by atoms with van der Waals surface area (Å²) >= 11 is 3.24. The fourth-order valence-electron chi connectivity index (χ4n) is 7.48. The second kappa shape index (κ2) is 9.04. The Kier molecular flexibility index (Phi) is 5.90. The summed E-state index contributed by atoms with van der Waals surface area (Å²) in [4.78, 5) is 42.7. The van der Waals surface area contributed by atoms with Gasteiger partial charge in [0.2, 0.25) is 5.88 Å². The quantitative estimate of drug-likeness (QED) is 0.237. The summed E-state index contributed by atoms with van der Waals surface area (Å²) in [6.07, 6.45) is 8.75. The highest BCUT2D eigenvalue weighted by Crippen LogP contribution is 2.60. The van der Waals surface area contributed by atoms with Gasteiger partial charge in [-0.1, -0.05) is 28.1 Å². The third-order valence-electron chi connectivity index (χ3n) is 8.66. The second-order valence-electron chi connectivity index (χ2n) is 11.2. The zero-order valence-corrected chi connectivity index (χ0v) is 22.4. The van der Waals surface area contributed by atoms with Gasteiger partial charge in [0.15, 0.2) is 0 Å². The average molecular weight is 579 g/mol. The molecule has 3 aromatic rings.